The van der Waals surface area contributed by atoms with Crippen LogP contribution in [0.3, 0.4) is 0 Å². The maximum atomic E-state index is 13.3. The van der Waals surface area contributed by atoms with Crippen molar-refractivity contribution in [2.75, 3.05) is 26.7 Å². The summed E-state index contributed by atoms with van der Waals surface area (Å²) < 4.78 is 11.6. The Labute approximate surface area is 167 Å². The van der Waals surface area contributed by atoms with Crippen LogP contribution in [0.2, 0.25) is 0 Å². The van der Waals surface area contributed by atoms with Crippen LogP contribution in [0.15, 0.2) is 30.5 Å². The summed E-state index contributed by atoms with van der Waals surface area (Å²) >= 11 is 0. The smallest absolute Gasteiger partial charge is 0.173 e. The van der Waals surface area contributed by atoms with E-state index >= 15 is 0 Å². The number of ether oxygens (including phenoxy) is 2. The van der Waals surface area contributed by atoms with Crippen LogP contribution < -0.4 is 4.74 Å². The lowest BCUT2D eigenvalue weighted by Gasteiger charge is -2.44. The van der Waals surface area contributed by atoms with Crippen LogP contribution in [0.25, 0.3) is 5.57 Å². The number of rotatable bonds is 4. The number of carbonyl (C=O) groups excluding carboxylic acids is 1. The number of hydrogen-bond acceptors (Lipinski definition) is 5. The lowest BCUT2D eigenvalue weighted by atomic mass is 9.72. The highest BCUT2D eigenvalue weighted by Gasteiger charge is 2.47. The number of piperidine rings is 1. The van der Waals surface area contributed by atoms with E-state index in [0.717, 1.165) is 25.2 Å². The van der Waals surface area contributed by atoms with E-state index in [4.69, 9.17) is 9.47 Å². The fraction of sp³-hybridized carbons (Fsp3) is 0.609. The Bertz CT molecular complexity index is 746. The minimum atomic E-state index is -0.410. The second kappa shape index (κ2) is 8.26. The Hall–Kier alpha value is -1.85. The van der Waals surface area contributed by atoms with Gasteiger partial charge in [-0.05, 0) is 44.2 Å². The highest BCUT2D eigenvalue weighted by molar-refractivity contribution is 6.22. The molecule has 5 heteroatoms. The van der Waals surface area contributed by atoms with E-state index in [9.17, 15) is 9.90 Å². The van der Waals surface area contributed by atoms with Gasteiger partial charge in [0, 0.05) is 24.6 Å². The lowest BCUT2D eigenvalue weighted by molar-refractivity contribution is -0.134. The van der Waals surface area contributed by atoms with Gasteiger partial charge in [0.1, 0.15) is 11.9 Å². The monoisotopic (exact) mass is 385 g/mol. The minimum Gasteiger partial charge on any atom is -0.496 e. The molecule has 1 N–H and O–H groups in total. The van der Waals surface area contributed by atoms with Crippen molar-refractivity contribution >= 4 is 11.4 Å². The maximum Gasteiger partial charge on any atom is 0.173 e. The number of para-hydroxylation sites is 1. The second-order valence-corrected chi connectivity index (χ2v) is 8.62. The quantitative estimate of drug-likeness (QED) is 0.863. The standard InChI is InChI=1S/C23H31NO4/c1-15-6-5-11-24(12-15)13-18-20(25)10-9-17-22(26)19(14-28-23(17)18)16-7-3-4-8-21(16)27-2/h3-4,7-8,14-15,17-18,20,23,25H,5-6,9-13H2,1-2H3. The van der Waals surface area contributed by atoms with Gasteiger partial charge >= 0.3 is 0 Å². The molecular weight excluding hydrogens is 354 g/mol. The van der Waals surface area contributed by atoms with Crippen LogP contribution in [0.1, 0.15) is 38.2 Å². The summed E-state index contributed by atoms with van der Waals surface area (Å²) in [6, 6.07) is 7.56. The molecule has 2 fully saturated rings. The summed E-state index contributed by atoms with van der Waals surface area (Å²) in [6.45, 7) is 5.23. The Balaban J connectivity index is 1.56. The molecular formula is C23H31NO4. The molecule has 2 heterocycles. The Morgan fingerprint density at radius 1 is 1.25 bits per heavy atom. The van der Waals surface area contributed by atoms with Gasteiger partial charge in [-0.15, -0.1) is 0 Å². The van der Waals surface area contributed by atoms with Crippen LogP contribution >= 0.6 is 0 Å². The Kier molecular flexibility index (Phi) is 5.74. The van der Waals surface area contributed by atoms with Gasteiger partial charge in [0.25, 0.3) is 0 Å². The summed E-state index contributed by atoms with van der Waals surface area (Å²) in [7, 11) is 1.61. The average Bonchev–Trinajstić information content (AvgIpc) is 2.70. The number of likely N-dealkylation sites (tertiary alicyclic amines) is 1. The molecule has 28 heavy (non-hydrogen) atoms. The molecule has 0 amide bonds. The van der Waals surface area contributed by atoms with E-state index in [1.807, 2.05) is 24.3 Å². The first-order valence-corrected chi connectivity index (χ1v) is 10.5. The molecule has 1 aromatic carbocycles. The number of aliphatic hydroxyl groups is 1. The fourth-order valence-electron chi connectivity index (χ4n) is 5.17. The number of fused-ring (bicyclic) bond motifs is 1. The van der Waals surface area contributed by atoms with Gasteiger partial charge < -0.3 is 19.5 Å². The van der Waals surface area contributed by atoms with Gasteiger partial charge in [-0.25, -0.2) is 0 Å². The van der Waals surface area contributed by atoms with Gasteiger partial charge in [-0.2, -0.15) is 0 Å². The summed E-state index contributed by atoms with van der Waals surface area (Å²) in [4.78, 5) is 15.8. The molecule has 0 spiro atoms. The summed E-state index contributed by atoms with van der Waals surface area (Å²) in [6.07, 6.45) is 4.75. The predicted molar refractivity (Wildman–Crippen MR) is 108 cm³/mol. The molecule has 5 nitrogen and oxygen atoms in total. The third-order valence-corrected chi connectivity index (χ3v) is 6.64. The van der Waals surface area contributed by atoms with Crippen LogP contribution in [0.4, 0.5) is 0 Å². The molecule has 5 unspecified atom stereocenters. The zero-order valence-electron chi connectivity index (χ0n) is 16.8. The number of methoxy groups -OCH3 is 1. The number of Topliss-reactive ketones (excluding diaryl/α,β-unsaturated/α-hetero) is 1. The molecule has 4 rings (SSSR count). The predicted octanol–water partition coefficient (Wildman–Crippen LogP) is 3.12. The number of ketones is 1. The van der Waals surface area contributed by atoms with E-state index in [1.54, 1.807) is 13.4 Å². The molecule has 3 aliphatic rings. The van der Waals surface area contributed by atoms with Crippen LogP contribution in [-0.4, -0.2) is 54.7 Å². The zero-order valence-corrected chi connectivity index (χ0v) is 16.8. The normalized spacial score (nSPS) is 33.6. The number of nitrogens with zero attached hydrogens (tertiary/aromatic N) is 1. The average molecular weight is 386 g/mol. The van der Waals surface area contributed by atoms with Gasteiger partial charge in [-0.3, -0.25) is 4.79 Å². The third-order valence-electron chi connectivity index (χ3n) is 6.64. The highest BCUT2D eigenvalue weighted by Crippen LogP contribution is 2.41. The van der Waals surface area contributed by atoms with Crippen molar-refractivity contribution in [2.24, 2.45) is 17.8 Å². The van der Waals surface area contributed by atoms with Gasteiger partial charge in [0.05, 0.1) is 31.0 Å². The highest BCUT2D eigenvalue weighted by atomic mass is 16.5. The summed E-state index contributed by atoms with van der Waals surface area (Å²) in [5.74, 6) is 1.27. The molecule has 152 valence electrons. The summed E-state index contributed by atoms with van der Waals surface area (Å²) in [5.41, 5.74) is 1.36. The molecule has 0 aromatic heterocycles. The van der Waals surface area contributed by atoms with Crippen molar-refractivity contribution in [3.8, 4) is 5.75 Å². The first-order valence-electron chi connectivity index (χ1n) is 10.5. The van der Waals surface area contributed by atoms with Gasteiger partial charge in [0.15, 0.2) is 5.78 Å². The SMILES string of the molecule is COc1ccccc1C1=COC2C(CCC(O)C2CN2CCCC(C)C2)C1=O. The molecule has 1 aromatic rings. The number of carbonyl (C=O) groups is 1. The molecule has 1 aliphatic carbocycles. The van der Waals surface area contributed by atoms with E-state index < -0.39 is 6.10 Å². The van der Waals surface area contributed by atoms with E-state index in [0.29, 0.717) is 30.1 Å². The molecule has 0 bridgehead atoms. The van der Waals surface area contributed by atoms with E-state index in [1.165, 1.54) is 12.8 Å². The number of aliphatic hydroxyl groups excluding tert-OH is 1. The molecule has 1 saturated heterocycles. The Morgan fingerprint density at radius 3 is 2.86 bits per heavy atom. The van der Waals surface area contributed by atoms with Crippen LogP contribution in [0.5, 0.6) is 5.75 Å². The first kappa shape index (κ1) is 19.5. The number of allylic oxidation sites excluding steroid dienone is 1. The Morgan fingerprint density at radius 2 is 2.07 bits per heavy atom. The minimum absolute atomic E-state index is 0.0246. The largest absolute Gasteiger partial charge is 0.496 e. The van der Waals surface area contributed by atoms with Gasteiger partial charge in [-0.1, -0.05) is 25.1 Å². The van der Waals surface area contributed by atoms with E-state index in [2.05, 4.69) is 11.8 Å². The van der Waals surface area contributed by atoms with Crippen LogP contribution in [0, 0.1) is 17.8 Å². The maximum absolute atomic E-state index is 13.3. The van der Waals surface area contributed by atoms with Gasteiger partial charge in [0.2, 0.25) is 0 Å². The molecule has 0 radical (unpaired) electrons. The topological polar surface area (TPSA) is 59.0 Å². The van der Waals surface area contributed by atoms with Crippen molar-refractivity contribution in [2.45, 2.75) is 44.8 Å². The van der Waals surface area contributed by atoms with E-state index in [-0.39, 0.29) is 23.7 Å². The van der Waals surface area contributed by atoms with Crippen molar-refractivity contribution in [3.63, 3.8) is 0 Å². The second-order valence-electron chi connectivity index (χ2n) is 8.62. The molecule has 5 atom stereocenters. The third kappa shape index (κ3) is 3.70. The lowest BCUT2D eigenvalue weighted by Crippen LogP contribution is -2.53. The summed E-state index contributed by atoms with van der Waals surface area (Å²) in [5, 5.41) is 10.7. The van der Waals surface area contributed by atoms with Crippen molar-refractivity contribution in [1.29, 1.82) is 0 Å². The van der Waals surface area contributed by atoms with Crippen molar-refractivity contribution in [3.05, 3.63) is 36.1 Å². The fourth-order valence-corrected chi connectivity index (χ4v) is 5.17. The van der Waals surface area contributed by atoms with Crippen molar-refractivity contribution in [1.82, 2.24) is 4.90 Å². The zero-order chi connectivity index (χ0) is 19.7. The van der Waals surface area contributed by atoms with Crippen LogP contribution in [-0.2, 0) is 9.53 Å². The number of hydrogen-bond donors (Lipinski definition) is 1. The first-order chi connectivity index (χ1) is 13.6. The number of benzene rings is 1. The molecule has 2 aliphatic heterocycles. The molecule has 1 saturated carbocycles. The van der Waals surface area contributed by atoms with Crippen molar-refractivity contribution < 1.29 is 19.4 Å².